The molecule has 4 rings (SSSR count). The van der Waals surface area contributed by atoms with E-state index in [9.17, 15) is 4.39 Å². The van der Waals surface area contributed by atoms with Crippen LogP contribution in [0.5, 0.6) is 0 Å². The van der Waals surface area contributed by atoms with Gasteiger partial charge in [0.05, 0.1) is 16.1 Å². The van der Waals surface area contributed by atoms with Crippen molar-refractivity contribution in [2.45, 2.75) is 18.4 Å². The number of hydrogen-bond acceptors (Lipinski definition) is 1. The summed E-state index contributed by atoms with van der Waals surface area (Å²) in [4.78, 5) is 3.07. The Balaban J connectivity index is 1.80. The molecule has 0 saturated heterocycles. The number of imidazole rings is 1. The molecular formula is C16H12ClFN2S. The van der Waals surface area contributed by atoms with E-state index in [0.29, 0.717) is 22.2 Å². The zero-order chi connectivity index (χ0) is 14.6. The molecule has 2 aromatic carbocycles. The van der Waals surface area contributed by atoms with Gasteiger partial charge in [-0.2, -0.15) is 0 Å². The van der Waals surface area contributed by atoms with Crippen molar-refractivity contribution in [3.63, 3.8) is 0 Å². The Bertz CT molecular complexity index is 884. The van der Waals surface area contributed by atoms with Gasteiger partial charge < -0.3 is 9.55 Å². The van der Waals surface area contributed by atoms with Gasteiger partial charge in [0.15, 0.2) is 4.77 Å². The normalized spacial score (nSPS) is 20.9. The predicted octanol–water partition coefficient (Wildman–Crippen LogP) is 5.22. The summed E-state index contributed by atoms with van der Waals surface area (Å²) >= 11 is 11.3. The molecule has 0 amide bonds. The summed E-state index contributed by atoms with van der Waals surface area (Å²) in [5.74, 6) is 0.0312. The molecule has 3 aromatic rings. The van der Waals surface area contributed by atoms with Crippen LogP contribution in [0.15, 0.2) is 42.5 Å². The third-order valence-electron chi connectivity index (χ3n) is 4.07. The van der Waals surface area contributed by atoms with Gasteiger partial charge in [-0.3, -0.25) is 0 Å². The SMILES string of the molecule is Fc1cc2[nH]c(=S)n(C3CC3c3ccccc3)c2cc1Cl. The van der Waals surface area contributed by atoms with Crippen LogP contribution in [-0.4, -0.2) is 9.55 Å². The first-order chi connectivity index (χ1) is 10.1. The van der Waals surface area contributed by atoms with Gasteiger partial charge >= 0.3 is 0 Å². The summed E-state index contributed by atoms with van der Waals surface area (Å²) in [7, 11) is 0. The van der Waals surface area contributed by atoms with Crippen LogP contribution in [0.1, 0.15) is 23.9 Å². The van der Waals surface area contributed by atoms with Gasteiger partial charge in [-0.1, -0.05) is 41.9 Å². The lowest BCUT2D eigenvalue weighted by Gasteiger charge is -2.05. The maximum Gasteiger partial charge on any atom is 0.178 e. The third-order valence-corrected chi connectivity index (χ3v) is 4.66. The van der Waals surface area contributed by atoms with Gasteiger partial charge in [0, 0.05) is 18.0 Å². The number of rotatable bonds is 2. The molecule has 2 nitrogen and oxygen atoms in total. The second kappa shape index (κ2) is 4.68. The lowest BCUT2D eigenvalue weighted by Crippen LogP contribution is -1.96. The van der Waals surface area contributed by atoms with Crippen molar-refractivity contribution in [3.05, 3.63) is 63.6 Å². The molecule has 5 heteroatoms. The number of hydrogen-bond donors (Lipinski definition) is 1. The zero-order valence-electron chi connectivity index (χ0n) is 11.0. The predicted molar refractivity (Wildman–Crippen MR) is 84.9 cm³/mol. The van der Waals surface area contributed by atoms with E-state index in [1.165, 1.54) is 11.6 Å². The molecule has 1 fully saturated rings. The highest BCUT2D eigenvalue weighted by atomic mass is 35.5. The monoisotopic (exact) mass is 318 g/mol. The van der Waals surface area contributed by atoms with Crippen LogP contribution in [0.25, 0.3) is 11.0 Å². The molecule has 2 unspecified atom stereocenters. The van der Waals surface area contributed by atoms with Crippen molar-refractivity contribution >= 4 is 34.9 Å². The molecule has 0 spiro atoms. The fraction of sp³-hybridized carbons (Fsp3) is 0.188. The number of fused-ring (bicyclic) bond motifs is 1. The minimum atomic E-state index is -0.428. The van der Waals surface area contributed by atoms with Crippen molar-refractivity contribution in [2.24, 2.45) is 0 Å². The smallest absolute Gasteiger partial charge is 0.178 e. The van der Waals surface area contributed by atoms with Crippen LogP contribution < -0.4 is 0 Å². The summed E-state index contributed by atoms with van der Waals surface area (Å²) in [6, 6.07) is 13.8. The number of H-pyrrole nitrogens is 1. The fourth-order valence-corrected chi connectivity index (χ4v) is 3.48. The second-order valence-electron chi connectivity index (χ2n) is 5.40. The Morgan fingerprint density at radius 3 is 2.76 bits per heavy atom. The standard InChI is InChI=1S/C16H12ClFN2S/c17-11-7-15-13(8-12(11)18)19-16(21)20(15)14-6-10(14)9-4-2-1-3-5-9/h1-5,7-8,10,14H,6H2,(H,19,21). The van der Waals surface area contributed by atoms with Crippen LogP contribution in [0.2, 0.25) is 5.02 Å². The first-order valence-electron chi connectivity index (χ1n) is 6.79. The third kappa shape index (κ3) is 2.10. The zero-order valence-corrected chi connectivity index (χ0v) is 12.6. The Labute approximate surface area is 131 Å². The Morgan fingerprint density at radius 2 is 2.00 bits per heavy atom. The van der Waals surface area contributed by atoms with E-state index in [-0.39, 0.29) is 5.02 Å². The first kappa shape index (κ1) is 13.0. The van der Waals surface area contributed by atoms with Crippen LogP contribution in [0, 0.1) is 10.6 Å². The van der Waals surface area contributed by atoms with E-state index >= 15 is 0 Å². The largest absolute Gasteiger partial charge is 0.330 e. The van der Waals surface area contributed by atoms with Gasteiger partial charge in [-0.15, -0.1) is 0 Å². The molecule has 0 aliphatic heterocycles. The van der Waals surface area contributed by atoms with Gasteiger partial charge in [0.25, 0.3) is 0 Å². The van der Waals surface area contributed by atoms with E-state index in [4.69, 9.17) is 23.8 Å². The highest BCUT2D eigenvalue weighted by molar-refractivity contribution is 7.71. The molecule has 1 aliphatic carbocycles. The van der Waals surface area contributed by atoms with Crippen LogP contribution in [0.4, 0.5) is 4.39 Å². The van der Waals surface area contributed by atoms with E-state index in [2.05, 4.69) is 21.7 Å². The summed E-state index contributed by atoms with van der Waals surface area (Å²) in [6.45, 7) is 0. The van der Waals surface area contributed by atoms with Gasteiger partial charge in [0.2, 0.25) is 0 Å². The minimum absolute atomic E-state index is 0.127. The molecule has 1 aliphatic rings. The maximum absolute atomic E-state index is 13.6. The Hall–Kier alpha value is -1.65. The average Bonchev–Trinajstić information content (AvgIpc) is 3.19. The lowest BCUT2D eigenvalue weighted by molar-refractivity contribution is 0.629. The highest BCUT2D eigenvalue weighted by Gasteiger charge is 2.41. The van der Waals surface area contributed by atoms with E-state index in [0.717, 1.165) is 11.9 Å². The summed E-state index contributed by atoms with van der Waals surface area (Å²) < 4.78 is 16.2. The molecule has 106 valence electrons. The fourth-order valence-electron chi connectivity index (χ4n) is 2.98. The molecule has 1 saturated carbocycles. The quantitative estimate of drug-likeness (QED) is 0.642. The molecule has 1 heterocycles. The number of aromatic amines is 1. The van der Waals surface area contributed by atoms with Crippen molar-refractivity contribution < 1.29 is 4.39 Å². The lowest BCUT2D eigenvalue weighted by atomic mass is 10.1. The van der Waals surface area contributed by atoms with Crippen LogP contribution in [-0.2, 0) is 0 Å². The van der Waals surface area contributed by atoms with E-state index in [1.54, 1.807) is 6.07 Å². The number of halogens is 2. The molecule has 0 bridgehead atoms. The summed E-state index contributed by atoms with van der Waals surface area (Å²) in [5, 5.41) is 0.127. The molecule has 1 aromatic heterocycles. The maximum atomic E-state index is 13.6. The van der Waals surface area contributed by atoms with Crippen LogP contribution >= 0.6 is 23.8 Å². The summed E-state index contributed by atoms with van der Waals surface area (Å²) in [6.07, 6.45) is 1.04. The summed E-state index contributed by atoms with van der Waals surface area (Å²) in [5.41, 5.74) is 2.88. The van der Waals surface area contributed by atoms with E-state index < -0.39 is 5.82 Å². The number of benzene rings is 2. The van der Waals surface area contributed by atoms with Crippen LogP contribution in [0.3, 0.4) is 0 Å². The van der Waals surface area contributed by atoms with Crippen molar-refractivity contribution in [1.29, 1.82) is 0 Å². The van der Waals surface area contributed by atoms with Crippen molar-refractivity contribution in [1.82, 2.24) is 9.55 Å². The van der Waals surface area contributed by atoms with E-state index in [1.807, 2.05) is 18.2 Å². The first-order valence-corrected chi connectivity index (χ1v) is 7.58. The number of nitrogens with zero attached hydrogens (tertiary/aromatic N) is 1. The van der Waals surface area contributed by atoms with Gasteiger partial charge in [0.1, 0.15) is 5.82 Å². The van der Waals surface area contributed by atoms with Gasteiger partial charge in [-0.05, 0) is 30.3 Å². The molecule has 21 heavy (non-hydrogen) atoms. The van der Waals surface area contributed by atoms with Crippen molar-refractivity contribution in [2.75, 3.05) is 0 Å². The topological polar surface area (TPSA) is 20.7 Å². The number of nitrogens with one attached hydrogen (secondary N) is 1. The highest BCUT2D eigenvalue weighted by Crippen LogP contribution is 2.52. The Kier molecular flexibility index (Phi) is 2.91. The van der Waals surface area contributed by atoms with Gasteiger partial charge in [-0.25, -0.2) is 4.39 Å². The van der Waals surface area contributed by atoms with Crippen molar-refractivity contribution in [3.8, 4) is 0 Å². The number of aromatic nitrogens is 2. The molecule has 2 atom stereocenters. The Morgan fingerprint density at radius 1 is 1.24 bits per heavy atom. The average molecular weight is 319 g/mol. The molecule has 0 radical (unpaired) electrons. The minimum Gasteiger partial charge on any atom is -0.330 e. The second-order valence-corrected chi connectivity index (χ2v) is 6.20. The molecular weight excluding hydrogens is 307 g/mol. The molecule has 1 N–H and O–H groups in total.